The molecular formula is C24H22FNO4S. The molecule has 0 aliphatic carbocycles. The number of amides is 1. The number of alkyl carbamates (subject to hydrolysis) is 1. The van der Waals surface area contributed by atoms with Crippen molar-refractivity contribution >= 4 is 23.8 Å². The zero-order chi connectivity index (χ0) is 22.1. The van der Waals surface area contributed by atoms with Crippen molar-refractivity contribution < 1.29 is 23.5 Å². The van der Waals surface area contributed by atoms with E-state index in [0.717, 1.165) is 10.5 Å². The molecule has 0 aliphatic heterocycles. The van der Waals surface area contributed by atoms with E-state index in [1.54, 1.807) is 36.4 Å². The highest BCUT2D eigenvalue weighted by molar-refractivity contribution is 7.99. The van der Waals surface area contributed by atoms with Gasteiger partial charge in [0.15, 0.2) is 5.54 Å². The molecule has 0 spiro atoms. The van der Waals surface area contributed by atoms with Crippen molar-refractivity contribution in [1.29, 1.82) is 0 Å². The van der Waals surface area contributed by atoms with Crippen LogP contribution in [-0.2, 0) is 26.4 Å². The average molecular weight is 440 g/mol. The lowest BCUT2D eigenvalue weighted by Gasteiger charge is -2.31. The number of hydrogen-bond acceptors (Lipinski definition) is 5. The van der Waals surface area contributed by atoms with Crippen molar-refractivity contribution in [2.24, 2.45) is 0 Å². The van der Waals surface area contributed by atoms with Gasteiger partial charge in [-0.2, -0.15) is 0 Å². The van der Waals surface area contributed by atoms with Crippen LogP contribution in [0.3, 0.4) is 0 Å². The zero-order valence-electron chi connectivity index (χ0n) is 16.9. The molecule has 0 bridgehead atoms. The molecule has 3 aromatic rings. The van der Waals surface area contributed by atoms with Crippen LogP contribution in [0.1, 0.15) is 11.1 Å². The first-order chi connectivity index (χ1) is 15.0. The Kier molecular flexibility index (Phi) is 7.67. The number of hydrogen-bond donors (Lipinski definition) is 1. The first-order valence-electron chi connectivity index (χ1n) is 9.55. The van der Waals surface area contributed by atoms with Gasteiger partial charge in [0.05, 0.1) is 7.11 Å². The molecule has 1 atom stereocenters. The van der Waals surface area contributed by atoms with E-state index in [2.05, 4.69) is 5.32 Å². The summed E-state index contributed by atoms with van der Waals surface area (Å²) in [5.74, 6) is -0.866. The Labute approximate surface area is 184 Å². The predicted octanol–water partition coefficient (Wildman–Crippen LogP) is 4.91. The van der Waals surface area contributed by atoms with E-state index in [4.69, 9.17) is 9.47 Å². The highest BCUT2D eigenvalue weighted by atomic mass is 32.2. The van der Waals surface area contributed by atoms with Crippen molar-refractivity contribution in [3.05, 3.63) is 102 Å². The molecule has 160 valence electrons. The topological polar surface area (TPSA) is 64.6 Å². The molecular weight excluding hydrogens is 417 g/mol. The number of esters is 1. The van der Waals surface area contributed by atoms with Crippen LogP contribution in [0, 0.1) is 5.82 Å². The molecule has 3 rings (SSSR count). The number of carbonyl (C=O) groups is 2. The number of halogens is 1. The summed E-state index contributed by atoms with van der Waals surface area (Å²) in [6.45, 7) is 0.0593. The Morgan fingerprint density at radius 2 is 1.55 bits per heavy atom. The highest BCUT2D eigenvalue weighted by Gasteiger charge is 2.43. The second-order valence-corrected chi connectivity index (χ2v) is 7.74. The molecule has 5 nitrogen and oxygen atoms in total. The van der Waals surface area contributed by atoms with E-state index in [1.807, 2.05) is 36.4 Å². The normalized spacial score (nSPS) is 12.5. The van der Waals surface area contributed by atoms with Crippen molar-refractivity contribution in [1.82, 2.24) is 5.32 Å². The molecule has 0 saturated carbocycles. The Morgan fingerprint density at radius 3 is 2.16 bits per heavy atom. The number of ether oxygens (including phenoxy) is 2. The molecule has 0 saturated heterocycles. The minimum Gasteiger partial charge on any atom is -0.467 e. The molecule has 0 unspecified atom stereocenters. The summed E-state index contributed by atoms with van der Waals surface area (Å²) in [6.07, 6.45) is -0.752. The summed E-state index contributed by atoms with van der Waals surface area (Å²) in [4.78, 5) is 26.4. The average Bonchev–Trinajstić information content (AvgIpc) is 2.82. The maximum Gasteiger partial charge on any atom is 0.408 e. The first kappa shape index (κ1) is 22.4. The lowest BCUT2D eigenvalue weighted by molar-refractivity contribution is -0.147. The van der Waals surface area contributed by atoms with Gasteiger partial charge in [-0.1, -0.05) is 60.7 Å². The van der Waals surface area contributed by atoms with Gasteiger partial charge in [-0.3, -0.25) is 0 Å². The fraction of sp³-hybridized carbons (Fsp3) is 0.167. The zero-order valence-corrected chi connectivity index (χ0v) is 17.7. The maximum absolute atomic E-state index is 13.2. The fourth-order valence-electron chi connectivity index (χ4n) is 2.97. The Bertz CT molecular complexity index is 999. The third-order valence-corrected chi connectivity index (χ3v) is 5.78. The minimum atomic E-state index is -1.50. The summed E-state index contributed by atoms with van der Waals surface area (Å²) in [5, 5.41) is 2.72. The molecule has 0 radical (unpaired) electrons. The van der Waals surface area contributed by atoms with Gasteiger partial charge in [-0.05, 0) is 35.4 Å². The van der Waals surface area contributed by atoms with E-state index < -0.39 is 17.6 Å². The van der Waals surface area contributed by atoms with Crippen molar-refractivity contribution in [2.75, 3.05) is 12.9 Å². The van der Waals surface area contributed by atoms with Gasteiger partial charge in [-0.15, -0.1) is 11.8 Å². The largest absolute Gasteiger partial charge is 0.467 e. The monoisotopic (exact) mass is 439 g/mol. The molecule has 31 heavy (non-hydrogen) atoms. The fourth-order valence-corrected chi connectivity index (χ4v) is 4.04. The van der Waals surface area contributed by atoms with Gasteiger partial charge in [-0.25, -0.2) is 14.0 Å². The summed E-state index contributed by atoms with van der Waals surface area (Å²) in [7, 11) is 1.26. The van der Waals surface area contributed by atoms with Gasteiger partial charge in [0.2, 0.25) is 0 Å². The van der Waals surface area contributed by atoms with E-state index >= 15 is 0 Å². The molecule has 0 fully saturated rings. The molecule has 0 aliphatic rings. The summed E-state index contributed by atoms with van der Waals surface area (Å²) in [5.41, 5.74) is -0.127. The number of carbonyl (C=O) groups excluding carboxylic acids is 2. The quantitative estimate of drug-likeness (QED) is 0.399. The van der Waals surface area contributed by atoms with Gasteiger partial charge >= 0.3 is 12.1 Å². The smallest absolute Gasteiger partial charge is 0.408 e. The number of rotatable bonds is 8. The van der Waals surface area contributed by atoms with Crippen LogP contribution >= 0.6 is 11.8 Å². The second-order valence-electron chi connectivity index (χ2n) is 6.69. The van der Waals surface area contributed by atoms with Crippen molar-refractivity contribution in [3.8, 4) is 0 Å². The first-order valence-corrected chi connectivity index (χ1v) is 10.5. The second kappa shape index (κ2) is 10.6. The third-order valence-electron chi connectivity index (χ3n) is 4.60. The molecule has 1 amide bonds. The van der Waals surface area contributed by atoms with E-state index in [1.165, 1.54) is 31.0 Å². The molecule has 7 heteroatoms. The van der Waals surface area contributed by atoms with Crippen molar-refractivity contribution in [3.63, 3.8) is 0 Å². The van der Waals surface area contributed by atoms with E-state index in [0.29, 0.717) is 5.56 Å². The van der Waals surface area contributed by atoms with E-state index in [9.17, 15) is 14.0 Å². The molecule has 0 aromatic heterocycles. The van der Waals surface area contributed by atoms with Gasteiger partial charge in [0.1, 0.15) is 12.4 Å². The van der Waals surface area contributed by atoms with Gasteiger partial charge in [0, 0.05) is 10.6 Å². The molecule has 3 aromatic carbocycles. The summed E-state index contributed by atoms with van der Waals surface area (Å²) >= 11 is 1.29. The molecule has 0 heterocycles. The van der Waals surface area contributed by atoms with Crippen LogP contribution in [0.4, 0.5) is 9.18 Å². The van der Waals surface area contributed by atoms with Crippen LogP contribution in [0.2, 0.25) is 0 Å². The van der Waals surface area contributed by atoms with Crippen LogP contribution in [0.15, 0.2) is 89.8 Å². The minimum absolute atomic E-state index is 0.0593. The SMILES string of the molecule is COC(=O)[C@](CSc1ccc(F)cc1)(NC(=O)OCc1ccccc1)c1ccccc1. The van der Waals surface area contributed by atoms with Crippen LogP contribution < -0.4 is 5.32 Å². The Balaban J connectivity index is 1.85. The number of nitrogens with one attached hydrogen (secondary N) is 1. The molecule has 1 N–H and O–H groups in total. The van der Waals surface area contributed by atoms with Gasteiger partial charge in [0.25, 0.3) is 0 Å². The van der Waals surface area contributed by atoms with Crippen molar-refractivity contribution in [2.45, 2.75) is 17.0 Å². The van der Waals surface area contributed by atoms with E-state index in [-0.39, 0.29) is 18.2 Å². The summed E-state index contributed by atoms with van der Waals surface area (Å²) in [6, 6.07) is 24.0. The summed E-state index contributed by atoms with van der Waals surface area (Å²) < 4.78 is 23.7. The standard InChI is InChI=1S/C24H22FNO4S/c1-29-22(27)24(19-10-6-3-7-11-19,17-31-21-14-12-20(25)13-15-21)26-23(28)30-16-18-8-4-2-5-9-18/h2-15H,16-17H2,1H3,(H,26,28)/t24-/m1/s1. The van der Waals surface area contributed by atoms with Gasteiger partial charge < -0.3 is 14.8 Å². The predicted molar refractivity (Wildman–Crippen MR) is 117 cm³/mol. The lowest BCUT2D eigenvalue weighted by Crippen LogP contribution is -2.54. The van der Waals surface area contributed by atoms with Crippen LogP contribution in [0.25, 0.3) is 0 Å². The highest BCUT2D eigenvalue weighted by Crippen LogP contribution is 2.31. The van der Waals surface area contributed by atoms with Crippen LogP contribution in [0.5, 0.6) is 0 Å². The maximum atomic E-state index is 13.2. The number of thioether (sulfide) groups is 1. The Morgan fingerprint density at radius 1 is 0.935 bits per heavy atom. The third kappa shape index (κ3) is 5.86. The number of benzene rings is 3. The Hall–Kier alpha value is -3.32. The van der Waals surface area contributed by atoms with Crippen LogP contribution in [-0.4, -0.2) is 24.9 Å². The lowest BCUT2D eigenvalue weighted by atomic mass is 9.92. The number of methoxy groups -OCH3 is 1.